The molecule has 0 heterocycles. The van der Waals surface area contributed by atoms with E-state index < -0.39 is 0 Å². The van der Waals surface area contributed by atoms with Crippen LogP contribution in [0.4, 0.5) is 4.39 Å². The van der Waals surface area contributed by atoms with E-state index in [1.54, 1.807) is 0 Å². The first-order valence-electron chi connectivity index (χ1n) is 5.84. The Morgan fingerprint density at radius 3 is 2.41 bits per heavy atom. The standard InChI is InChI=1S/C13H17FINO/c14-12-7-5-11(6-8-12)13(17)16-10-4-2-1-3-9-15/h5-8H,1-4,9-10H2,(H,16,17). The maximum atomic E-state index is 12.6. The molecular weight excluding hydrogens is 332 g/mol. The zero-order valence-electron chi connectivity index (χ0n) is 9.72. The molecular formula is C13H17FINO. The van der Waals surface area contributed by atoms with E-state index in [0.717, 1.165) is 12.8 Å². The molecule has 94 valence electrons. The molecule has 0 aliphatic heterocycles. The fraction of sp³-hybridized carbons (Fsp3) is 0.462. The maximum Gasteiger partial charge on any atom is 0.251 e. The van der Waals surface area contributed by atoms with E-state index in [-0.39, 0.29) is 11.7 Å². The summed E-state index contributed by atoms with van der Waals surface area (Å²) in [6, 6.07) is 5.60. The van der Waals surface area contributed by atoms with Crippen molar-refractivity contribution < 1.29 is 9.18 Å². The number of rotatable bonds is 7. The molecule has 1 rings (SSSR count). The van der Waals surface area contributed by atoms with Crippen LogP contribution in [0.5, 0.6) is 0 Å². The molecule has 0 aromatic heterocycles. The third-order valence-corrected chi connectivity index (χ3v) is 3.22. The van der Waals surface area contributed by atoms with E-state index in [1.807, 2.05) is 0 Å². The summed E-state index contributed by atoms with van der Waals surface area (Å²) >= 11 is 2.37. The van der Waals surface area contributed by atoms with Crippen LogP contribution in [-0.4, -0.2) is 16.9 Å². The van der Waals surface area contributed by atoms with Crippen molar-refractivity contribution in [3.63, 3.8) is 0 Å². The molecule has 0 bridgehead atoms. The molecule has 17 heavy (non-hydrogen) atoms. The van der Waals surface area contributed by atoms with Crippen molar-refractivity contribution in [1.82, 2.24) is 5.32 Å². The first-order valence-corrected chi connectivity index (χ1v) is 7.36. The molecule has 4 heteroatoms. The first kappa shape index (κ1) is 14.4. The zero-order chi connectivity index (χ0) is 12.5. The monoisotopic (exact) mass is 349 g/mol. The second-order valence-corrected chi connectivity index (χ2v) is 4.94. The lowest BCUT2D eigenvalue weighted by molar-refractivity contribution is 0.0953. The number of hydrogen-bond donors (Lipinski definition) is 1. The van der Waals surface area contributed by atoms with Gasteiger partial charge in [-0.2, -0.15) is 0 Å². The quantitative estimate of drug-likeness (QED) is 0.455. The number of nitrogens with one attached hydrogen (secondary N) is 1. The van der Waals surface area contributed by atoms with Gasteiger partial charge in [0.2, 0.25) is 0 Å². The minimum Gasteiger partial charge on any atom is -0.352 e. The average Bonchev–Trinajstić information content (AvgIpc) is 2.34. The van der Waals surface area contributed by atoms with Crippen LogP contribution in [0.25, 0.3) is 0 Å². The number of halogens is 2. The van der Waals surface area contributed by atoms with Crippen LogP contribution in [0.1, 0.15) is 36.0 Å². The molecule has 0 saturated heterocycles. The summed E-state index contributed by atoms with van der Waals surface area (Å²) in [6.45, 7) is 0.692. The van der Waals surface area contributed by atoms with Gasteiger partial charge in [-0.15, -0.1) is 0 Å². The summed E-state index contributed by atoms with van der Waals surface area (Å²) in [7, 11) is 0. The summed E-state index contributed by atoms with van der Waals surface area (Å²) in [5, 5.41) is 2.83. The molecule has 1 aromatic carbocycles. The van der Waals surface area contributed by atoms with E-state index in [2.05, 4.69) is 27.9 Å². The molecule has 0 saturated carbocycles. The summed E-state index contributed by atoms with van der Waals surface area (Å²) in [4.78, 5) is 11.6. The normalized spacial score (nSPS) is 10.2. The number of carbonyl (C=O) groups is 1. The molecule has 0 fully saturated rings. The van der Waals surface area contributed by atoms with Gasteiger partial charge in [-0.05, 0) is 41.5 Å². The topological polar surface area (TPSA) is 29.1 Å². The number of unbranched alkanes of at least 4 members (excludes halogenated alkanes) is 3. The highest BCUT2D eigenvalue weighted by Crippen LogP contribution is 2.04. The van der Waals surface area contributed by atoms with Crippen molar-refractivity contribution in [2.24, 2.45) is 0 Å². The smallest absolute Gasteiger partial charge is 0.251 e. The van der Waals surface area contributed by atoms with Gasteiger partial charge in [0.1, 0.15) is 5.82 Å². The number of hydrogen-bond acceptors (Lipinski definition) is 1. The maximum absolute atomic E-state index is 12.6. The minimum absolute atomic E-state index is 0.126. The fourth-order valence-electron chi connectivity index (χ4n) is 1.48. The Balaban J connectivity index is 2.19. The summed E-state index contributed by atoms with van der Waals surface area (Å²) in [6.07, 6.45) is 4.61. The molecule has 0 atom stereocenters. The molecule has 2 nitrogen and oxygen atoms in total. The lowest BCUT2D eigenvalue weighted by Crippen LogP contribution is -2.24. The van der Waals surface area contributed by atoms with Crippen molar-refractivity contribution in [1.29, 1.82) is 0 Å². The van der Waals surface area contributed by atoms with Crippen molar-refractivity contribution in [3.05, 3.63) is 35.6 Å². The SMILES string of the molecule is O=C(NCCCCCCI)c1ccc(F)cc1. The third kappa shape index (κ3) is 6.00. The summed E-state index contributed by atoms with van der Waals surface area (Å²) in [5.74, 6) is -0.445. The molecule has 1 N–H and O–H groups in total. The van der Waals surface area contributed by atoms with Crippen LogP contribution in [0.3, 0.4) is 0 Å². The second kappa shape index (κ2) is 8.44. The highest BCUT2D eigenvalue weighted by Gasteiger charge is 2.03. The van der Waals surface area contributed by atoms with Crippen molar-refractivity contribution >= 4 is 28.5 Å². The van der Waals surface area contributed by atoms with Gasteiger partial charge in [0, 0.05) is 12.1 Å². The van der Waals surface area contributed by atoms with Gasteiger partial charge >= 0.3 is 0 Å². The molecule has 0 radical (unpaired) electrons. The zero-order valence-corrected chi connectivity index (χ0v) is 11.9. The average molecular weight is 349 g/mol. The fourth-order valence-corrected chi connectivity index (χ4v) is 2.02. The Kier molecular flexibility index (Phi) is 7.16. The van der Waals surface area contributed by atoms with Gasteiger partial charge in [0.25, 0.3) is 5.91 Å². The molecule has 1 aromatic rings. The van der Waals surface area contributed by atoms with E-state index in [4.69, 9.17) is 0 Å². The van der Waals surface area contributed by atoms with Crippen LogP contribution in [0.2, 0.25) is 0 Å². The number of alkyl halides is 1. The van der Waals surface area contributed by atoms with Gasteiger partial charge in [-0.1, -0.05) is 35.4 Å². The van der Waals surface area contributed by atoms with Crippen LogP contribution in [0.15, 0.2) is 24.3 Å². The van der Waals surface area contributed by atoms with E-state index in [9.17, 15) is 9.18 Å². The highest BCUT2D eigenvalue weighted by molar-refractivity contribution is 14.1. The predicted octanol–water partition coefficient (Wildman–Crippen LogP) is 3.55. The highest BCUT2D eigenvalue weighted by atomic mass is 127. The van der Waals surface area contributed by atoms with E-state index in [1.165, 1.54) is 41.5 Å². The Morgan fingerprint density at radius 2 is 1.76 bits per heavy atom. The van der Waals surface area contributed by atoms with Gasteiger partial charge in [-0.3, -0.25) is 4.79 Å². The second-order valence-electron chi connectivity index (χ2n) is 3.87. The largest absolute Gasteiger partial charge is 0.352 e. The summed E-state index contributed by atoms with van der Waals surface area (Å²) in [5.41, 5.74) is 0.513. The Labute approximate surface area is 115 Å². The molecule has 1 amide bonds. The Bertz CT molecular complexity index is 340. The third-order valence-electron chi connectivity index (χ3n) is 2.45. The van der Waals surface area contributed by atoms with Crippen LogP contribution in [-0.2, 0) is 0 Å². The van der Waals surface area contributed by atoms with Gasteiger partial charge < -0.3 is 5.32 Å². The number of benzene rings is 1. The van der Waals surface area contributed by atoms with Crippen LogP contribution in [0, 0.1) is 5.82 Å². The van der Waals surface area contributed by atoms with Crippen LogP contribution >= 0.6 is 22.6 Å². The molecule has 0 aliphatic carbocycles. The lowest BCUT2D eigenvalue weighted by Gasteiger charge is -2.04. The predicted molar refractivity (Wildman–Crippen MR) is 76.1 cm³/mol. The molecule has 0 unspecified atom stereocenters. The molecule has 0 spiro atoms. The van der Waals surface area contributed by atoms with Crippen molar-refractivity contribution in [2.45, 2.75) is 25.7 Å². The Morgan fingerprint density at radius 1 is 1.12 bits per heavy atom. The first-order chi connectivity index (χ1) is 8.24. The van der Waals surface area contributed by atoms with E-state index >= 15 is 0 Å². The number of amides is 1. The number of carbonyl (C=O) groups excluding carboxylic acids is 1. The molecule has 0 aliphatic rings. The minimum atomic E-state index is -0.319. The van der Waals surface area contributed by atoms with Crippen molar-refractivity contribution in [3.8, 4) is 0 Å². The van der Waals surface area contributed by atoms with Crippen molar-refractivity contribution in [2.75, 3.05) is 11.0 Å². The summed E-state index contributed by atoms with van der Waals surface area (Å²) < 4.78 is 13.8. The van der Waals surface area contributed by atoms with Gasteiger partial charge in [0.15, 0.2) is 0 Å². The van der Waals surface area contributed by atoms with Crippen LogP contribution < -0.4 is 5.32 Å². The van der Waals surface area contributed by atoms with Gasteiger partial charge in [-0.25, -0.2) is 4.39 Å². The van der Waals surface area contributed by atoms with Gasteiger partial charge in [0.05, 0.1) is 0 Å². The lowest BCUT2D eigenvalue weighted by atomic mass is 10.2. The Hall–Kier alpha value is -0.650. The van der Waals surface area contributed by atoms with E-state index in [0.29, 0.717) is 12.1 Å².